The molecule has 2 heterocycles. The quantitative estimate of drug-likeness (QED) is 0.354. The second-order valence-electron chi connectivity index (χ2n) is 11.7. The molecule has 1 aromatic heterocycles. The van der Waals surface area contributed by atoms with Crippen LogP contribution in [0.2, 0.25) is 0 Å². The summed E-state index contributed by atoms with van der Waals surface area (Å²) in [7, 11) is 0. The molecule has 1 saturated carbocycles. The largest absolute Gasteiger partial charge is 0.489 e. The molecule has 1 aliphatic heterocycles. The summed E-state index contributed by atoms with van der Waals surface area (Å²) >= 11 is 0. The predicted molar refractivity (Wildman–Crippen MR) is 151 cm³/mol. The van der Waals surface area contributed by atoms with Gasteiger partial charge in [-0.05, 0) is 94.9 Å². The Morgan fingerprint density at radius 3 is 2.60 bits per heavy atom. The highest BCUT2D eigenvalue weighted by molar-refractivity contribution is 5.82. The molecule has 4 atom stereocenters. The standard InChI is InChI=1S/C32H37N3O5/c1-5-38-30(36)28-17-24-16-26(13-11-23(24)20-35(28)31(37)40-32(2,3)4)39-29-18-25(12-10-22(29)19-33)34-15-14-21-8-6-7-9-27(21)34/h6-10,12,14-15,18,23-24,26,28H,5,11,13,16-17,20H2,1-4H3/t23-,24+,26-,28-/m0/s1. The molecule has 0 radical (unpaired) electrons. The Morgan fingerprint density at radius 2 is 1.85 bits per heavy atom. The van der Waals surface area contributed by atoms with Gasteiger partial charge >= 0.3 is 12.1 Å². The van der Waals surface area contributed by atoms with E-state index in [1.807, 2.05) is 51.2 Å². The first kappa shape index (κ1) is 27.6. The normalized spacial score (nSPS) is 22.7. The summed E-state index contributed by atoms with van der Waals surface area (Å²) < 4.78 is 19.6. The summed E-state index contributed by atoms with van der Waals surface area (Å²) in [4.78, 5) is 27.5. The van der Waals surface area contributed by atoms with Gasteiger partial charge in [-0.1, -0.05) is 18.2 Å². The maximum Gasteiger partial charge on any atom is 0.411 e. The van der Waals surface area contributed by atoms with E-state index < -0.39 is 23.7 Å². The lowest BCUT2D eigenvalue weighted by Gasteiger charge is -2.46. The van der Waals surface area contributed by atoms with Crippen molar-refractivity contribution in [1.82, 2.24) is 9.47 Å². The van der Waals surface area contributed by atoms with E-state index >= 15 is 0 Å². The molecule has 40 heavy (non-hydrogen) atoms. The van der Waals surface area contributed by atoms with Gasteiger partial charge in [0.2, 0.25) is 0 Å². The third-order valence-corrected chi connectivity index (χ3v) is 7.87. The lowest BCUT2D eigenvalue weighted by molar-refractivity contribution is -0.153. The number of ether oxygens (including phenoxy) is 3. The van der Waals surface area contributed by atoms with Gasteiger partial charge in [0.05, 0.1) is 23.8 Å². The van der Waals surface area contributed by atoms with Gasteiger partial charge in [0.15, 0.2) is 0 Å². The highest BCUT2D eigenvalue weighted by atomic mass is 16.6. The van der Waals surface area contributed by atoms with Crippen molar-refractivity contribution in [2.24, 2.45) is 11.8 Å². The van der Waals surface area contributed by atoms with E-state index in [0.29, 0.717) is 24.3 Å². The average Bonchev–Trinajstić information content (AvgIpc) is 3.36. The second-order valence-corrected chi connectivity index (χ2v) is 11.7. The van der Waals surface area contributed by atoms with E-state index in [-0.39, 0.29) is 24.5 Å². The third-order valence-electron chi connectivity index (χ3n) is 7.87. The molecule has 210 valence electrons. The van der Waals surface area contributed by atoms with Crippen molar-refractivity contribution < 1.29 is 23.8 Å². The Bertz CT molecular complexity index is 1430. The van der Waals surface area contributed by atoms with E-state index in [2.05, 4.69) is 28.8 Å². The molecule has 0 N–H and O–H groups in total. The van der Waals surface area contributed by atoms with Crippen LogP contribution in [-0.2, 0) is 14.3 Å². The van der Waals surface area contributed by atoms with Gasteiger partial charge in [-0.15, -0.1) is 0 Å². The van der Waals surface area contributed by atoms with Crippen LogP contribution in [0.1, 0.15) is 58.9 Å². The maximum atomic E-state index is 13.0. The van der Waals surface area contributed by atoms with Crippen molar-refractivity contribution in [1.29, 1.82) is 5.26 Å². The Morgan fingerprint density at radius 1 is 1.05 bits per heavy atom. The number of fused-ring (bicyclic) bond motifs is 2. The smallest absolute Gasteiger partial charge is 0.411 e. The van der Waals surface area contributed by atoms with Crippen molar-refractivity contribution in [3.05, 3.63) is 60.3 Å². The van der Waals surface area contributed by atoms with Gasteiger partial charge < -0.3 is 18.8 Å². The number of hydrogen-bond donors (Lipinski definition) is 0. The molecule has 1 aliphatic carbocycles. The van der Waals surface area contributed by atoms with Crippen LogP contribution in [0.25, 0.3) is 16.6 Å². The van der Waals surface area contributed by atoms with Gasteiger partial charge in [-0.2, -0.15) is 5.26 Å². The van der Waals surface area contributed by atoms with Crippen LogP contribution in [0.15, 0.2) is 54.7 Å². The summed E-state index contributed by atoms with van der Waals surface area (Å²) in [6.45, 7) is 7.94. The van der Waals surface area contributed by atoms with Crippen LogP contribution in [0.5, 0.6) is 5.75 Å². The molecular weight excluding hydrogens is 506 g/mol. The van der Waals surface area contributed by atoms with Crippen LogP contribution in [0.4, 0.5) is 4.79 Å². The minimum atomic E-state index is -0.685. The topological polar surface area (TPSA) is 93.8 Å². The zero-order valence-corrected chi connectivity index (χ0v) is 23.6. The highest BCUT2D eigenvalue weighted by Crippen LogP contribution is 2.41. The zero-order valence-electron chi connectivity index (χ0n) is 23.6. The number of piperidine rings is 1. The second kappa shape index (κ2) is 11.2. The van der Waals surface area contributed by atoms with Crippen molar-refractivity contribution >= 4 is 23.0 Å². The SMILES string of the molecule is CCOC(=O)[C@@H]1C[C@H]2C[C@@H](Oc3cc(-n4ccc5ccccc54)ccc3C#N)CC[C@H]2CN1C(=O)OC(C)(C)C. The molecule has 2 aliphatic rings. The number of para-hydroxylation sites is 1. The molecule has 1 amide bonds. The fourth-order valence-electron chi connectivity index (χ4n) is 6.04. The maximum absolute atomic E-state index is 13.0. The Labute approximate surface area is 235 Å². The molecule has 1 saturated heterocycles. The number of rotatable bonds is 5. The van der Waals surface area contributed by atoms with E-state index in [1.165, 1.54) is 0 Å². The number of esters is 1. The lowest BCUT2D eigenvalue weighted by atomic mass is 9.72. The van der Waals surface area contributed by atoms with Gasteiger partial charge in [-0.3, -0.25) is 4.90 Å². The summed E-state index contributed by atoms with van der Waals surface area (Å²) in [6.07, 6.45) is 4.35. The number of likely N-dealkylation sites (tertiary alicyclic amines) is 1. The van der Waals surface area contributed by atoms with Crippen LogP contribution in [0, 0.1) is 23.2 Å². The Kier molecular flexibility index (Phi) is 7.75. The summed E-state index contributed by atoms with van der Waals surface area (Å²) in [5.74, 6) is 0.600. The molecule has 2 aromatic carbocycles. The summed E-state index contributed by atoms with van der Waals surface area (Å²) in [5, 5.41) is 10.9. The number of amides is 1. The van der Waals surface area contributed by atoms with Gasteiger partial charge in [0, 0.05) is 24.5 Å². The molecule has 0 spiro atoms. The third kappa shape index (κ3) is 5.79. The monoisotopic (exact) mass is 543 g/mol. The summed E-state index contributed by atoms with van der Waals surface area (Å²) in [6, 6.07) is 17.5. The first-order chi connectivity index (χ1) is 19.2. The Balaban J connectivity index is 1.34. The molecule has 2 fully saturated rings. The van der Waals surface area contributed by atoms with Gasteiger partial charge in [0.1, 0.15) is 23.5 Å². The molecule has 5 rings (SSSR count). The number of carbonyl (C=O) groups excluding carboxylic acids is 2. The molecule has 0 bridgehead atoms. The van der Waals surface area contributed by atoms with Crippen molar-refractivity contribution in [2.45, 2.75) is 71.1 Å². The van der Waals surface area contributed by atoms with Crippen LogP contribution in [-0.4, -0.2) is 52.4 Å². The minimum absolute atomic E-state index is 0.0964. The number of carbonyl (C=O) groups is 2. The van der Waals surface area contributed by atoms with Crippen molar-refractivity contribution in [3.8, 4) is 17.5 Å². The average molecular weight is 544 g/mol. The van der Waals surface area contributed by atoms with Gasteiger partial charge in [0.25, 0.3) is 0 Å². The molecule has 3 aromatic rings. The highest BCUT2D eigenvalue weighted by Gasteiger charge is 2.46. The number of hydrogen-bond acceptors (Lipinski definition) is 6. The van der Waals surface area contributed by atoms with Crippen LogP contribution < -0.4 is 4.74 Å². The number of nitriles is 1. The van der Waals surface area contributed by atoms with Crippen LogP contribution >= 0.6 is 0 Å². The lowest BCUT2D eigenvalue weighted by Crippen LogP contribution is -2.56. The first-order valence-corrected chi connectivity index (χ1v) is 14.1. The fraction of sp³-hybridized carbons (Fsp3) is 0.469. The zero-order chi connectivity index (χ0) is 28.4. The molecular formula is C32H37N3O5. The Hall–Kier alpha value is -3.99. The van der Waals surface area contributed by atoms with E-state index in [1.54, 1.807) is 17.9 Å². The first-order valence-electron chi connectivity index (χ1n) is 14.1. The minimum Gasteiger partial charge on any atom is -0.489 e. The number of aromatic nitrogens is 1. The van der Waals surface area contributed by atoms with Crippen molar-refractivity contribution in [2.75, 3.05) is 13.2 Å². The fourth-order valence-corrected chi connectivity index (χ4v) is 6.04. The van der Waals surface area contributed by atoms with Gasteiger partial charge in [-0.25, -0.2) is 9.59 Å². The van der Waals surface area contributed by atoms with E-state index in [0.717, 1.165) is 35.9 Å². The molecule has 8 nitrogen and oxygen atoms in total. The molecule has 8 heteroatoms. The van der Waals surface area contributed by atoms with Crippen LogP contribution in [0.3, 0.4) is 0 Å². The summed E-state index contributed by atoms with van der Waals surface area (Å²) in [5.41, 5.74) is 1.85. The van der Waals surface area contributed by atoms with E-state index in [9.17, 15) is 14.9 Å². The number of nitrogens with zero attached hydrogens (tertiary/aromatic N) is 3. The van der Waals surface area contributed by atoms with Crippen molar-refractivity contribution in [3.63, 3.8) is 0 Å². The molecule has 0 unspecified atom stereocenters. The van der Waals surface area contributed by atoms with E-state index in [4.69, 9.17) is 14.2 Å². The number of benzene rings is 2. The predicted octanol–water partition coefficient (Wildman–Crippen LogP) is 6.24.